The number of anilines is 1. The molecule has 12 heteroatoms. The number of non-ortho nitro benzene ring substituents is 1. The van der Waals surface area contributed by atoms with Crippen molar-refractivity contribution >= 4 is 57.6 Å². The molecule has 2 aromatic carbocycles. The van der Waals surface area contributed by atoms with E-state index in [1.165, 1.54) is 62.4 Å². The first kappa shape index (κ1) is 24.0. The number of methoxy groups -OCH3 is 2. The maximum Gasteiger partial charge on any atom is 0.269 e. The Bertz CT molecular complexity index is 1140. The average molecular weight is 490 g/mol. The van der Waals surface area contributed by atoms with Crippen molar-refractivity contribution in [1.29, 1.82) is 0 Å². The van der Waals surface area contributed by atoms with Gasteiger partial charge in [-0.15, -0.1) is 0 Å². The molecule has 10 nitrogen and oxygen atoms in total. The number of phenolic OH excluding ortho intramolecular Hbond substituents is 1. The SMILES string of the molecule is COc1cc(/C=C2\SC(=S)N(C(C)C(=O)Nc3ccc([N+](=O)[O-])cc3)C2=O)cc(OC)c1O. The molecular formula is C21H19N3O7S2. The lowest BCUT2D eigenvalue weighted by molar-refractivity contribution is -0.384. The average Bonchev–Trinajstić information content (AvgIpc) is 3.07. The molecule has 1 fully saturated rings. The molecule has 33 heavy (non-hydrogen) atoms. The number of nitrogens with zero attached hydrogens (tertiary/aromatic N) is 2. The highest BCUT2D eigenvalue weighted by molar-refractivity contribution is 8.26. The Hall–Kier alpha value is -3.64. The molecule has 0 spiro atoms. The molecule has 2 amide bonds. The largest absolute Gasteiger partial charge is 0.502 e. The summed E-state index contributed by atoms with van der Waals surface area (Å²) >= 11 is 6.35. The third-order valence-corrected chi connectivity index (χ3v) is 6.07. The van der Waals surface area contributed by atoms with Crippen molar-refractivity contribution < 1.29 is 29.1 Å². The second-order valence-corrected chi connectivity index (χ2v) is 8.47. The number of thioether (sulfide) groups is 1. The van der Waals surface area contributed by atoms with E-state index >= 15 is 0 Å². The Morgan fingerprint density at radius 1 is 1.24 bits per heavy atom. The number of carbonyl (C=O) groups excluding carboxylic acids is 2. The molecule has 1 aliphatic rings. The molecule has 2 aromatic rings. The number of rotatable bonds is 7. The standard InChI is InChI=1S/C21H19N3O7S2/c1-11(19(26)22-13-4-6-14(7-5-13)24(28)29)23-20(27)17(33-21(23)32)10-12-8-15(30-2)18(25)16(9-12)31-3/h4-11,25H,1-3H3,(H,22,26)/b17-10-. The van der Waals surface area contributed by atoms with Crippen molar-refractivity contribution in [3.8, 4) is 17.2 Å². The van der Waals surface area contributed by atoms with Crippen LogP contribution in [0.5, 0.6) is 17.2 Å². The molecule has 1 heterocycles. The summed E-state index contributed by atoms with van der Waals surface area (Å²) in [5.74, 6) is -0.781. The van der Waals surface area contributed by atoms with Crippen LogP contribution < -0.4 is 14.8 Å². The molecule has 3 rings (SSSR count). The fraction of sp³-hybridized carbons (Fsp3) is 0.190. The zero-order chi connectivity index (χ0) is 24.3. The molecule has 2 N–H and O–H groups in total. The fourth-order valence-corrected chi connectivity index (χ4v) is 4.41. The zero-order valence-corrected chi connectivity index (χ0v) is 19.4. The maximum absolute atomic E-state index is 13.0. The van der Waals surface area contributed by atoms with Gasteiger partial charge in [0.15, 0.2) is 11.5 Å². The number of benzene rings is 2. The smallest absolute Gasteiger partial charge is 0.269 e. The Balaban J connectivity index is 1.79. The zero-order valence-electron chi connectivity index (χ0n) is 17.7. The number of phenols is 1. The highest BCUT2D eigenvalue weighted by Gasteiger charge is 2.38. The molecule has 0 bridgehead atoms. The van der Waals surface area contributed by atoms with Crippen molar-refractivity contribution in [1.82, 2.24) is 4.90 Å². The van der Waals surface area contributed by atoms with Crippen LogP contribution in [0.1, 0.15) is 12.5 Å². The summed E-state index contributed by atoms with van der Waals surface area (Å²) in [7, 11) is 2.78. The second kappa shape index (κ2) is 9.88. The van der Waals surface area contributed by atoms with E-state index < -0.39 is 22.8 Å². The van der Waals surface area contributed by atoms with Crippen LogP contribution in [0.2, 0.25) is 0 Å². The lowest BCUT2D eigenvalue weighted by Gasteiger charge is -2.22. The van der Waals surface area contributed by atoms with Crippen molar-refractivity contribution in [2.45, 2.75) is 13.0 Å². The molecule has 0 aliphatic carbocycles. The maximum atomic E-state index is 13.0. The minimum Gasteiger partial charge on any atom is -0.502 e. The number of ether oxygens (including phenoxy) is 2. The number of aromatic hydroxyl groups is 1. The number of thiocarbonyl (C=S) groups is 1. The van der Waals surface area contributed by atoms with E-state index in [1.54, 1.807) is 6.08 Å². The van der Waals surface area contributed by atoms with E-state index in [9.17, 15) is 24.8 Å². The number of nitro benzene ring substituents is 1. The van der Waals surface area contributed by atoms with E-state index in [1.807, 2.05) is 0 Å². The topological polar surface area (TPSA) is 131 Å². The second-order valence-electron chi connectivity index (χ2n) is 6.79. The monoisotopic (exact) mass is 489 g/mol. The van der Waals surface area contributed by atoms with Crippen LogP contribution in [-0.4, -0.2) is 51.3 Å². The molecule has 1 atom stereocenters. The van der Waals surface area contributed by atoms with Crippen LogP contribution in [0.25, 0.3) is 6.08 Å². The quantitative estimate of drug-likeness (QED) is 0.259. The summed E-state index contributed by atoms with van der Waals surface area (Å²) in [5, 5.41) is 23.4. The normalized spacial score (nSPS) is 15.5. The fourth-order valence-electron chi connectivity index (χ4n) is 2.99. The molecule has 1 unspecified atom stereocenters. The van der Waals surface area contributed by atoms with Crippen molar-refractivity contribution in [3.63, 3.8) is 0 Å². The van der Waals surface area contributed by atoms with Crippen LogP contribution in [0.3, 0.4) is 0 Å². The Labute approximate surface area is 198 Å². The Kier molecular flexibility index (Phi) is 7.19. The van der Waals surface area contributed by atoms with Gasteiger partial charge >= 0.3 is 0 Å². The minimum atomic E-state index is -0.928. The van der Waals surface area contributed by atoms with Gasteiger partial charge in [-0.3, -0.25) is 24.6 Å². The van der Waals surface area contributed by atoms with Gasteiger partial charge in [-0.05, 0) is 42.8 Å². The van der Waals surface area contributed by atoms with Gasteiger partial charge in [0.1, 0.15) is 10.4 Å². The highest BCUT2D eigenvalue weighted by Crippen LogP contribution is 2.40. The van der Waals surface area contributed by atoms with E-state index in [4.69, 9.17) is 21.7 Å². The van der Waals surface area contributed by atoms with Gasteiger partial charge in [0.05, 0.1) is 24.0 Å². The van der Waals surface area contributed by atoms with Crippen molar-refractivity contribution in [2.24, 2.45) is 0 Å². The summed E-state index contributed by atoms with van der Waals surface area (Å²) in [6.45, 7) is 1.53. The van der Waals surface area contributed by atoms with E-state index in [2.05, 4.69) is 5.32 Å². The van der Waals surface area contributed by atoms with E-state index in [0.29, 0.717) is 11.3 Å². The van der Waals surface area contributed by atoms with Gasteiger partial charge in [-0.25, -0.2) is 0 Å². The predicted molar refractivity (Wildman–Crippen MR) is 127 cm³/mol. The van der Waals surface area contributed by atoms with E-state index in [-0.39, 0.29) is 32.2 Å². The van der Waals surface area contributed by atoms with Crippen molar-refractivity contribution in [3.05, 3.63) is 57.0 Å². The molecule has 172 valence electrons. The molecule has 1 aliphatic heterocycles. The number of carbonyl (C=O) groups is 2. The van der Waals surface area contributed by atoms with Crippen molar-refractivity contribution in [2.75, 3.05) is 19.5 Å². The minimum absolute atomic E-state index is 0.106. The van der Waals surface area contributed by atoms with Crippen LogP contribution in [0.15, 0.2) is 41.3 Å². The first-order valence-corrected chi connectivity index (χ1v) is 10.7. The Morgan fingerprint density at radius 3 is 2.33 bits per heavy atom. The summed E-state index contributed by atoms with van der Waals surface area (Å²) in [6, 6.07) is 7.48. The summed E-state index contributed by atoms with van der Waals surface area (Å²) in [4.78, 5) is 37.4. The third kappa shape index (κ3) is 5.07. The van der Waals surface area contributed by atoms with Gasteiger partial charge in [0.2, 0.25) is 11.7 Å². The first-order valence-electron chi connectivity index (χ1n) is 9.43. The van der Waals surface area contributed by atoms with Crippen LogP contribution in [-0.2, 0) is 9.59 Å². The molecular weight excluding hydrogens is 470 g/mol. The number of hydrogen-bond donors (Lipinski definition) is 2. The molecule has 0 saturated carbocycles. The molecule has 1 saturated heterocycles. The van der Waals surface area contributed by atoms with Crippen LogP contribution >= 0.6 is 24.0 Å². The number of nitrogens with one attached hydrogen (secondary N) is 1. The third-order valence-electron chi connectivity index (χ3n) is 4.74. The van der Waals surface area contributed by atoms with Gasteiger partial charge in [-0.1, -0.05) is 24.0 Å². The lowest BCUT2D eigenvalue weighted by Crippen LogP contribution is -2.44. The van der Waals surface area contributed by atoms with Gasteiger partial charge in [0.25, 0.3) is 11.6 Å². The first-order chi connectivity index (χ1) is 15.7. The summed E-state index contributed by atoms with van der Waals surface area (Å²) < 4.78 is 10.5. The van der Waals surface area contributed by atoms with E-state index in [0.717, 1.165) is 11.8 Å². The lowest BCUT2D eigenvalue weighted by atomic mass is 10.1. The number of nitro groups is 1. The molecule has 0 aromatic heterocycles. The molecule has 0 radical (unpaired) electrons. The van der Waals surface area contributed by atoms with Gasteiger partial charge in [-0.2, -0.15) is 0 Å². The van der Waals surface area contributed by atoms with Crippen LogP contribution in [0.4, 0.5) is 11.4 Å². The van der Waals surface area contributed by atoms with Crippen LogP contribution in [0, 0.1) is 10.1 Å². The predicted octanol–water partition coefficient (Wildman–Crippen LogP) is 3.55. The highest BCUT2D eigenvalue weighted by atomic mass is 32.2. The van der Waals surface area contributed by atoms with Gasteiger partial charge < -0.3 is 19.9 Å². The summed E-state index contributed by atoms with van der Waals surface area (Å²) in [6.07, 6.45) is 1.56. The Morgan fingerprint density at radius 2 is 1.82 bits per heavy atom. The number of hydrogen-bond acceptors (Lipinski definition) is 9. The summed E-state index contributed by atoms with van der Waals surface area (Å²) in [5.41, 5.74) is 0.775. The number of amides is 2. The van der Waals surface area contributed by atoms with Gasteiger partial charge in [0, 0.05) is 17.8 Å².